The van der Waals surface area contributed by atoms with E-state index < -0.39 is 5.38 Å². The van der Waals surface area contributed by atoms with E-state index in [-0.39, 0.29) is 11.8 Å². The average Bonchev–Trinajstić information content (AvgIpc) is 1.97. The Hall–Kier alpha value is -0.770. The number of rotatable bonds is 4. The van der Waals surface area contributed by atoms with Crippen molar-refractivity contribution in [2.24, 2.45) is 0 Å². The zero-order valence-corrected chi connectivity index (χ0v) is 7.94. The molecule has 5 heteroatoms. The molecule has 0 aliphatic rings. The van der Waals surface area contributed by atoms with Crippen LogP contribution in [0.3, 0.4) is 0 Å². The third-order valence-electron chi connectivity index (χ3n) is 1.16. The van der Waals surface area contributed by atoms with Crippen LogP contribution in [0.15, 0.2) is 0 Å². The monoisotopic (exact) mass is 192 g/mol. The van der Waals surface area contributed by atoms with Gasteiger partial charge in [-0.2, -0.15) is 0 Å². The molecule has 0 aromatic carbocycles. The van der Waals surface area contributed by atoms with Gasteiger partial charge in [0.25, 0.3) is 0 Å². The summed E-state index contributed by atoms with van der Waals surface area (Å²) in [7, 11) is 0. The molecule has 4 nitrogen and oxygen atoms in total. The van der Waals surface area contributed by atoms with Crippen LogP contribution in [0.5, 0.6) is 0 Å². The topological polar surface area (TPSA) is 58.2 Å². The predicted molar refractivity (Wildman–Crippen MR) is 47.0 cm³/mol. The lowest BCUT2D eigenvalue weighted by Crippen LogP contribution is -2.36. The van der Waals surface area contributed by atoms with Crippen molar-refractivity contribution in [1.29, 1.82) is 0 Å². The smallest absolute Gasteiger partial charge is 0.237 e. The highest BCUT2D eigenvalue weighted by Gasteiger charge is 2.06. The zero-order chi connectivity index (χ0) is 9.56. The lowest BCUT2D eigenvalue weighted by molar-refractivity contribution is -0.121. The van der Waals surface area contributed by atoms with Crippen molar-refractivity contribution < 1.29 is 9.59 Å². The molecule has 0 aromatic rings. The number of hydrogen-bond donors (Lipinski definition) is 2. The van der Waals surface area contributed by atoms with Crippen molar-refractivity contribution in [1.82, 2.24) is 10.6 Å². The van der Waals surface area contributed by atoms with Crippen LogP contribution >= 0.6 is 11.6 Å². The van der Waals surface area contributed by atoms with Crippen LogP contribution in [0.4, 0.5) is 0 Å². The van der Waals surface area contributed by atoms with E-state index in [1.54, 1.807) is 6.92 Å². The second-order valence-corrected chi connectivity index (χ2v) is 3.04. The summed E-state index contributed by atoms with van der Waals surface area (Å²) in [5.74, 6) is -0.329. The van der Waals surface area contributed by atoms with Crippen molar-refractivity contribution in [3.63, 3.8) is 0 Å². The van der Waals surface area contributed by atoms with E-state index in [4.69, 9.17) is 11.6 Å². The van der Waals surface area contributed by atoms with Gasteiger partial charge < -0.3 is 10.6 Å². The van der Waals surface area contributed by atoms with Gasteiger partial charge in [0.1, 0.15) is 5.38 Å². The molecule has 0 spiro atoms. The number of halogens is 1. The fourth-order valence-corrected chi connectivity index (χ4v) is 0.642. The summed E-state index contributed by atoms with van der Waals surface area (Å²) in [6.07, 6.45) is 0. The molecular weight excluding hydrogens is 180 g/mol. The maximum Gasteiger partial charge on any atom is 0.237 e. The van der Waals surface area contributed by atoms with Crippen molar-refractivity contribution in [2.45, 2.75) is 19.2 Å². The van der Waals surface area contributed by atoms with Crippen LogP contribution in [0, 0.1) is 0 Å². The number of nitrogens with one attached hydrogen (secondary N) is 2. The first-order chi connectivity index (χ1) is 5.54. The van der Waals surface area contributed by atoms with Crippen LogP contribution in [-0.4, -0.2) is 30.3 Å². The molecule has 0 saturated carbocycles. The summed E-state index contributed by atoms with van der Waals surface area (Å²) < 4.78 is 0. The van der Waals surface area contributed by atoms with Crippen LogP contribution in [-0.2, 0) is 9.59 Å². The first-order valence-electron chi connectivity index (χ1n) is 3.70. The average molecular weight is 193 g/mol. The van der Waals surface area contributed by atoms with Gasteiger partial charge in [0.2, 0.25) is 11.8 Å². The summed E-state index contributed by atoms with van der Waals surface area (Å²) in [5, 5.41) is 4.57. The van der Waals surface area contributed by atoms with Gasteiger partial charge in [-0.1, -0.05) is 0 Å². The van der Waals surface area contributed by atoms with E-state index in [0.29, 0.717) is 13.1 Å². The Balaban J connectivity index is 3.32. The highest BCUT2D eigenvalue weighted by Crippen LogP contribution is 1.90. The molecule has 2 N–H and O–H groups in total. The molecule has 0 aliphatic carbocycles. The van der Waals surface area contributed by atoms with E-state index in [1.165, 1.54) is 6.92 Å². The predicted octanol–water partition coefficient (Wildman–Crippen LogP) is -0.134. The fourth-order valence-electron chi connectivity index (χ4n) is 0.565. The summed E-state index contributed by atoms with van der Waals surface area (Å²) >= 11 is 5.47. The third kappa shape index (κ3) is 5.97. The Morgan fingerprint density at radius 1 is 1.33 bits per heavy atom. The van der Waals surface area contributed by atoms with Gasteiger partial charge >= 0.3 is 0 Å². The van der Waals surface area contributed by atoms with E-state index in [1.807, 2.05) is 0 Å². The number of carbonyl (C=O) groups excluding carboxylic acids is 2. The SMILES string of the molecule is CC(=O)NCCNC(=O)C(C)Cl. The first kappa shape index (κ1) is 11.2. The van der Waals surface area contributed by atoms with Gasteiger partial charge in [-0.25, -0.2) is 0 Å². The Bertz CT molecular complexity index is 171. The lowest BCUT2D eigenvalue weighted by Gasteiger charge is -2.05. The minimum atomic E-state index is -0.526. The highest BCUT2D eigenvalue weighted by molar-refractivity contribution is 6.30. The van der Waals surface area contributed by atoms with Gasteiger partial charge in [0.05, 0.1) is 0 Å². The minimum Gasteiger partial charge on any atom is -0.355 e. The van der Waals surface area contributed by atoms with Crippen molar-refractivity contribution in [3.05, 3.63) is 0 Å². The molecule has 0 radical (unpaired) electrons. The van der Waals surface area contributed by atoms with Gasteiger partial charge in [-0.15, -0.1) is 11.6 Å². The summed E-state index contributed by atoms with van der Waals surface area (Å²) in [4.78, 5) is 21.2. The number of amides is 2. The molecular formula is C7H13ClN2O2. The largest absolute Gasteiger partial charge is 0.355 e. The number of alkyl halides is 1. The van der Waals surface area contributed by atoms with Crippen molar-refractivity contribution >= 4 is 23.4 Å². The zero-order valence-electron chi connectivity index (χ0n) is 7.19. The van der Waals surface area contributed by atoms with Crippen molar-refractivity contribution in [2.75, 3.05) is 13.1 Å². The summed E-state index contributed by atoms with van der Waals surface area (Å²) in [6.45, 7) is 3.86. The number of carbonyl (C=O) groups is 2. The van der Waals surface area contributed by atoms with Gasteiger partial charge in [0.15, 0.2) is 0 Å². The molecule has 1 atom stereocenters. The normalized spacial score (nSPS) is 11.9. The molecule has 0 aromatic heterocycles. The Morgan fingerprint density at radius 3 is 2.25 bits per heavy atom. The molecule has 2 amide bonds. The van der Waals surface area contributed by atoms with E-state index in [9.17, 15) is 9.59 Å². The van der Waals surface area contributed by atoms with Crippen molar-refractivity contribution in [3.8, 4) is 0 Å². The van der Waals surface area contributed by atoms with Crippen LogP contribution in [0.25, 0.3) is 0 Å². The Kier molecular flexibility index (Phi) is 5.45. The lowest BCUT2D eigenvalue weighted by atomic mass is 10.4. The first-order valence-corrected chi connectivity index (χ1v) is 4.14. The second kappa shape index (κ2) is 5.83. The maximum absolute atomic E-state index is 10.8. The van der Waals surface area contributed by atoms with Crippen LogP contribution < -0.4 is 10.6 Å². The molecule has 0 rings (SSSR count). The molecule has 0 heterocycles. The fraction of sp³-hybridized carbons (Fsp3) is 0.714. The molecule has 0 saturated heterocycles. The molecule has 1 unspecified atom stereocenters. The number of hydrogen-bond acceptors (Lipinski definition) is 2. The van der Waals surface area contributed by atoms with Crippen LogP contribution in [0.1, 0.15) is 13.8 Å². The molecule has 12 heavy (non-hydrogen) atoms. The minimum absolute atomic E-state index is 0.108. The summed E-state index contributed by atoms with van der Waals surface area (Å²) in [6, 6.07) is 0. The Morgan fingerprint density at radius 2 is 1.83 bits per heavy atom. The molecule has 70 valence electrons. The van der Waals surface area contributed by atoms with E-state index in [2.05, 4.69) is 10.6 Å². The quantitative estimate of drug-likeness (QED) is 0.482. The molecule has 0 aliphatic heterocycles. The van der Waals surface area contributed by atoms with Gasteiger partial charge in [0, 0.05) is 20.0 Å². The van der Waals surface area contributed by atoms with Gasteiger partial charge in [-0.05, 0) is 6.92 Å². The van der Waals surface area contributed by atoms with E-state index in [0.717, 1.165) is 0 Å². The molecule has 0 fully saturated rings. The molecule has 0 bridgehead atoms. The van der Waals surface area contributed by atoms with E-state index >= 15 is 0 Å². The third-order valence-corrected chi connectivity index (χ3v) is 1.36. The second-order valence-electron chi connectivity index (χ2n) is 2.39. The summed E-state index contributed by atoms with van der Waals surface area (Å²) in [5.41, 5.74) is 0. The standard InChI is InChI=1S/C7H13ClN2O2/c1-5(8)7(12)10-4-3-9-6(2)11/h5H,3-4H2,1-2H3,(H,9,11)(H,10,12). The maximum atomic E-state index is 10.8. The Labute approximate surface area is 76.7 Å². The van der Waals surface area contributed by atoms with Crippen LogP contribution in [0.2, 0.25) is 0 Å². The van der Waals surface area contributed by atoms with Gasteiger partial charge in [-0.3, -0.25) is 9.59 Å². The highest BCUT2D eigenvalue weighted by atomic mass is 35.5.